The summed E-state index contributed by atoms with van der Waals surface area (Å²) < 4.78 is 5.44. The van der Waals surface area contributed by atoms with Crippen LogP contribution in [0, 0.1) is 11.8 Å². The van der Waals surface area contributed by atoms with Gasteiger partial charge in [0.2, 0.25) is 0 Å². The molecular weight excluding hydrogens is 176 g/mol. The summed E-state index contributed by atoms with van der Waals surface area (Å²) in [7, 11) is 0. The Morgan fingerprint density at radius 2 is 2.36 bits per heavy atom. The lowest BCUT2D eigenvalue weighted by molar-refractivity contribution is -0.155. The summed E-state index contributed by atoms with van der Waals surface area (Å²) in [5.74, 6) is 0.861. The van der Waals surface area contributed by atoms with Crippen molar-refractivity contribution in [1.29, 1.82) is 0 Å². The van der Waals surface area contributed by atoms with Crippen molar-refractivity contribution in [3.05, 3.63) is 12.7 Å². The van der Waals surface area contributed by atoms with Crippen molar-refractivity contribution < 1.29 is 9.53 Å². The quantitative estimate of drug-likeness (QED) is 0.512. The molecule has 80 valence electrons. The Labute approximate surface area is 86.3 Å². The van der Waals surface area contributed by atoms with Gasteiger partial charge in [0, 0.05) is 6.08 Å². The van der Waals surface area contributed by atoms with Crippen LogP contribution in [0.2, 0.25) is 0 Å². The Morgan fingerprint density at radius 3 is 2.79 bits per heavy atom. The van der Waals surface area contributed by atoms with Gasteiger partial charge in [0.15, 0.2) is 0 Å². The molecule has 1 rings (SSSR count). The standard InChI is InChI=1S/C12H20O2/c1-5-10-7-9(3)12(4,8-10)14-11(13)6-2/h6,9-10H,2,5,7-8H2,1,3-4H3. The van der Waals surface area contributed by atoms with E-state index in [1.54, 1.807) is 0 Å². The molecule has 0 aliphatic heterocycles. The zero-order valence-corrected chi connectivity index (χ0v) is 9.38. The summed E-state index contributed by atoms with van der Waals surface area (Å²) in [6, 6.07) is 0. The Kier molecular flexibility index (Phi) is 3.35. The van der Waals surface area contributed by atoms with Crippen molar-refractivity contribution in [2.75, 3.05) is 0 Å². The molecule has 0 bridgehead atoms. The van der Waals surface area contributed by atoms with Crippen LogP contribution in [0.25, 0.3) is 0 Å². The Hall–Kier alpha value is -0.790. The maximum atomic E-state index is 11.2. The average Bonchev–Trinajstić information content (AvgIpc) is 2.42. The molecule has 1 saturated carbocycles. The molecule has 0 saturated heterocycles. The molecule has 14 heavy (non-hydrogen) atoms. The van der Waals surface area contributed by atoms with Crippen molar-refractivity contribution in [2.45, 2.75) is 45.6 Å². The average molecular weight is 196 g/mol. The lowest BCUT2D eigenvalue weighted by Gasteiger charge is -2.28. The van der Waals surface area contributed by atoms with E-state index in [0.29, 0.717) is 11.8 Å². The molecule has 0 aromatic carbocycles. The van der Waals surface area contributed by atoms with E-state index < -0.39 is 0 Å². The summed E-state index contributed by atoms with van der Waals surface area (Å²) in [5.41, 5.74) is -0.272. The van der Waals surface area contributed by atoms with E-state index in [-0.39, 0.29) is 11.6 Å². The highest BCUT2D eigenvalue weighted by Crippen LogP contribution is 2.43. The van der Waals surface area contributed by atoms with Crippen LogP contribution in [0.3, 0.4) is 0 Å². The summed E-state index contributed by atoms with van der Waals surface area (Å²) in [6.45, 7) is 9.81. The normalized spacial score (nSPS) is 36.8. The zero-order chi connectivity index (χ0) is 10.8. The predicted octanol–water partition coefficient (Wildman–Crippen LogP) is 2.93. The number of esters is 1. The number of hydrogen-bond donors (Lipinski definition) is 0. The molecule has 0 amide bonds. The van der Waals surface area contributed by atoms with Crippen molar-refractivity contribution in [2.24, 2.45) is 11.8 Å². The second-order valence-corrected chi connectivity index (χ2v) is 4.55. The van der Waals surface area contributed by atoms with E-state index in [0.717, 1.165) is 12.8 Å². The molecule has 2 heteroatoms. The van der Waals surface area contributed by atoms with Gasteiger partial charge in [-0.1, -0.05) is 26.8 Å². The first-order valence-electron chi connectivity index (χ1n) is 5.37. The minimum atomic E-state index is -0.295. The maximum absolute atomic E-state index is 11.2. The first kappa shape index (κ1) is 11.3. The van der Waals surface area contributed by atoms with Crippen LogP contribution in [0.1, 0.15) is 40.0 Å². The first-order chi connectivity index (χ1) is 6.51. The Morgan fingerprint density at radius 1 is 1.71 bits per heavy atom. The zero-order valence-electron chi connectivity index (χ0n) is 9.38. The maximum Gasteiger partial charge on any atom is 0.330 e. The summed E-state index contributed by atoms with van der Waals surface area (Å²) in [6.07, 6.45) is 4.57. The largest absolute Gasteiger partial charge is 0.456 e. The lowest BCUT2D eigenvalue weighted by Crippen LogP contribution is -2.33. The van der Waals surface area contributed by atoms with Crippen LogP contribution in [0.15, 0.2) is 12.7 Å². The van der Waals surface area contributed by atoms with Gasteiger partial charge in [-0.3, -0.25) is 0 Å². The molecule has 0 spiro atoms. The SMILES string of the molecule is C=CC(=O)OC1(C)CC(CC)CC1C. The fourth-order valence-corrected chi connectivity index (χ4v) is 2.33. The third-order valence-electron chi connectivity index (χ3n) is 3.50. The smallest absolute Gasteiger partial charge is 0.330 e. The fourth-order valence-electron chi connectivity index (χ4n) is 2.33. The van der Waals surface area contributed by atoms with Crippen molar-refractivity contribution >= 4 is 5.97 Å². The number of ether oxygens (including phenoxy) is 1. The molecule has 1 fully saturated rings. The number of carbonyl (C=O) groups is 1. The van der Waals surface area contributed by atoms with Gasteiger partial charge in [-0.2, -0.15) is 0 Å². The van der Waals surface area contributed by atoms with E-state index in [1.165, 1.54) is 12.5 Å². The van der Waals surface area contributed by atoms with Crippen LogP contribution in [-0.2, 0) is 9.53 Å². The van der Waals surface area contributed by atoms with Crippen LogP contribution in [0.5, 0.6) is 0 Å². The predicted molar refractivity (Wildman–Crippen MR) is 56.9 cm³/mol. The molecule has 0 radical (unpaired) electrons. The van der Waals surface area contributed by atoms with Gasteiger partial charge >= 0.3 is 5.97 Å². The van der Waals surface area contributed by atoms with Crippen LogP contribution in [0.4, 0.5) is 0 Å². The van der Waals surface area contributed by atoms with Gasteiger partial charge in [-0.05, 0) is 31.6 Å². The summed E-state index contributed by atoms with van der Waals surface area (Å²) in [5, 5.41) is 0. The molecule has 2 nitrogen and oxygen atoms in total. The molecule has 0 heterocycles. The van der Waals surface area contributed by atoms with Crippen LogP contribution >= 0.6 is 0 Å². The topological polar surface area (TPSA) is 26.3 Å². The van der Waals surface area contributed by atoms with Crippen molar-refractivity contribution in [1.82, 2.24) is 0 Å². The third kappa shape index (κ3) is 2.17. The van der Waals surface area contributed by atoms with Crippen molar-refractivity contribution in [3.63, 3.8) is 0 Å². The van der Waals surface area contributed by atoms with E-state index >= 15 is 0 Å². The van der Waals surface area contributed by atoms with Gasteiger partial charge in [-0.25, -0.2) is 4.79 Å². The van der Waals surface area contributed by atoms with E-state index in [2.05, 4.69) is 20.4 Å². The molecule has 0 aromatic rings. The molecule has 1 aliphatic carbocycles. The highest BCUT2D eigenvalue weighted by Gasteiger charge is 2.43. The minimum absolute atomic E-state index is 0.272. The number of rotatable bonds is 3. The van der Waals surface area contributed by atoms with E-state index in [4.69, 9.17) is 4.74 Å². The molecule has 3 unspecified atom stereocenters. The third-order valence-corrected chi connectivity index (χ3v) is 3.50. The first-order valence-corrected chi connectivity index (χ1v) is 5.37. The highest BCUT2D eigenvalue weighted by molar-refractivity contribution is 5.81. The van der Waals surface area contributed by atoms with Crippen LogP contribution in [-0.4, -0.2) is 11.6 Å². The van der Waals surface area contributed by atoms with Crippen molar-refractivity contribution in [3.8, 4) is 0 Å². The molecule has 1 aliphatic rings. The molecule has 0 N–H and O–H groups in total. The number of carbonyl (C=O) groups excluding carboxylic acids is 1. The monoisotopic (exact) mass is 196 g/mol. The highest BCUT2D eigenvalue weighted by atomic mass is 16.6. The van der Waals surface area contributed by atoms with Gasteiger partial charge in [0.05, 0.1) is 0 Å². The van der Waals surface area contributed by atoms with E-state index in [1.807, 2.05) is 6.92 Å². The minimum Gasteiger partial charge on any atom is -0.456 e. The van der Waals surface area contributed by atoms with Gasteiger partial charge in [0.1, 0.15) is 5.60 Å². The fraction of sp³-hybridized carbons (Fsp3) is 0.750. The molecule has 3 atom stereocenters. The summed E-state index contributed by atoms with van der Waals surface area (Å²) >= 11 is 0. The summed E-state index contributed by atoms with van der Waals surface area (Å²) in [4.78, 5) is 11.2. The Bertz CT molecular complexity index is 234. The Balaban J connectivity index is 2.64. The lowest BCUT2D eigenvalue weighted by atomic mass is 9.94. The molecular formula is C12H20O2. The number of hydrogen-bond acceptors (Lipinski definition) is 2. The van der Waals surface area contributed by atoms with Gasteiger partial charge < -0.3 is 4.74 Å². The molecule has 0 aromatic heterocycles. The van der Waals surface area contributed by atoms with Gasteiger partial charge in [0.25, 0.3) is 0 Å². The van der Waals surface area contributed by atoms with Crippen LogP contribution < -0.4 is 0 Å². The van der Waals surface area contributed by atoms with Gasteiger partial charge in [-0.15, -0.1) is 0 Å². The second kappa shape index (κ2) is 4.16. The second-order valence-electron chi connectivity index (χ2n) is 4.55. The van der Waals surface area contributed by atoms with E-state index in [9.17, 15) is 4.79 Å².